The normalized spacial score (nSPS) is 12.1. The minimum Gasteiger partial charge on any atom is -0.481 e. The average Bonchev–Trinajstić information content (AvgIpc) is 2.18. The Morgan fingerprint density at radius 3 is 1.88 bits per heavy atom. The highest BCUT2D eigenvalue weighted by Crippen LogP contribution is 2.19. The van der Waals surface area contributed by atoms with E-state index in [1.165, 1.54) is 6.92 Å². The molecule has 0 saturated heterocycles. The summed E-state index contributed by atoms with van der Waals surface area (Å²) in [5.74, 6) is -5.54. The Kier molecular flexibility index (Phi) is 8.20. The number of hydrogen-bond donors (Lipinski definition) is 2. The summed E-state index contributed by atoms with van der Waals surface area (Å²) in [6.07, 6.45) is -6.90. The molecule has 0 bridgehead atoms. The molecule has 0 aromatic rings. The fourth-order valence-electron chi connectivity index (χ4n) is 0.780. The molecular formula is C9H13F3O5. The first-order valence-electron chi connectivity index (χ1n) is 4.44. The maximum atomic E-state index is 11.7. The van der Waals surface area contributed by atoms with E-state index in [0.29, 0.717) is 0 Å². The summed E-state index contributed by atoms with van der Waals surface area (Å²) in [7, 11) is 1.00. The Morgan fingerprint density at radius 2 is 1.59 bits per heavy atom. The van der Waals surface area contributed by atoms with Crippen molar-refractivity contribution in [1.29, 1.82) is 0 Å². The zero-order valence-electron chi connectivity index (χ0n) is 9.24. The largest absolute Gasteiger partial charge is 0.481 e. The van der Waals surface area contributed by atoms with Gasteiger partial charge in [-0.3, -0.25) is 14.4 Å². The minimum absolute atomic E-state index is 0.572. The highest BCUT2D eigenvalue weighted by molar-refractivity contribution is 6.02. The second-order valence-corrected chi connectivity index (χ2v) is 3.08. The first-order chi connectivity index (χ1) is 7.64. The standard InChI is InChI=1S/C8H9F3O4.CH4O/c1-4(7(14)15)2-5(12)3-6(13)8(9,10)11;1-2/h4H,2-3H2,1H3,(H,14,15);2H,1H3. The smallest absolute Gasteiger partial charge is 0.450 e. The van der Waals surface area contributed by atoms with Gasteiger partial charge < -0.3 is 10.2 Å². The van der Waals surface area contributed by atoms with Crippen LogP contribution in [0, 0.1) is 5.92 Å². The third-order valence-corrected chi connectivity index (χ3v) is 1.63. The van der Waals surface area contributed by atoms with E-state index in [-0.39, 0.29) is 0 Å². The lowest BCUT2D eigenvalue weighted by atomic mass is 10.0. The van der Waals surface area contributed by atoms with E-state index in [4.69, 9.17) is 10.2 Å². The van der Waals surface area contributed by atoms with Crippen LogP contribution >= 0.6 is 0 Å². The number of carboxylic acids is 1. The first kappa shape index (κ1) is 17.9. The van der Waals surface area contributed by atoms with Crippen LogP contribution in [0.1, 0.15) is 19.8 Å². The first-order valence-corrected chi connectivity index (χ1v) is 4.44. The Bertz CT molecular complexity index is 285. The fraction of sp³-hybridized carbons (Fsp3) is 0.667. The number of rotatable bonds is 5. The van der Waals surface area contributed by atoms with Crippen molar-refractivity contribution in [3.05, 3.63) is 0 Å². The molecule has 2 N–H and O–H groups in total. The summed E-state index contributed by atoms with van der Waals surface area (Å²) in [6.45, 7) is 1.18. The van der Waals surface area contributed by atoms with Crippen molar-refractivity contribution in [3.63, 3.8) is 0 Å². The third-order valence-electron chi connectivity index (χ3n) is 1.63. The minimum atomic E-state index is -5.04. The molecule has 0 aliphatic rings. The van der Waals surface area contributed by atoms with Crippen molar-refractivity contribution in [2.24, 2.45) is 5.92 Å². The summed E-state index contributed by atoms with van der Waals surface area (Å²) in [5, 5.41) is 15.4. The predicted octanol–water partition coefficient (Wildman–Crippen LogP) is 0.796. The number of ketones is 2. The van der Waals surface area contributed by atoms with Crippen LogP contribution in [0.2, 0.25) is 0 Å². The molecule has 0 heterocycles. The van der Waals surface area contributed by atoms with Crippen LogP contribution in [0.5, 0.6) is 0 Å². The molecule has 0 amide bonds. The van der Waals surface area contributed by atoms with E-state index >= 15 is 0 Å². The van der Waals surface area contributed by atoms with Crippen LogP contribution < -0.4 is 0 Å². The summed E-state index contributed by atoms with van der Waals surface area (Å²) in [4.78, 5) is 31.4. The zero-order chi connectivity index (χ0) is 14.2. The monoisotopic (exact) mass is 258 g/mol. The van der Waals surface area contributed by atoms with Crippen molar-refractivity contribution < 1.29 is 37.8 Å². The summed E-state index contributed by atoms with van der Waals surface area (Å²) < 4.78 is 35.1. The van der Waals surface area contributed by atoms with Crippen LogP contribution in [0.3, 0.4) is 0 Å². The van der Waals surface area contributed by atoms with Crippen molar-refractivity contribution in [2.45, 2.75) is 25.9 Å². The van der Waals surface area contributed by atoms with E-state index < -0.39 is 42.5 Å². The number of aliphatic hydroxyl groups is 1. The summed E-state index contributed by atoms with van der Waals surface area (Å²) in [6, 6.07) is 0. The van der Waals surface area contributed by atoms with Crippen LogP contribution in [-0.4, -0.2) is 41.0 Å². The van der Waals surface area contributed by atoms with Crippen molar-refractivity contribution in [2.75, 3.05) is 7.11 Å². The molecule has 17 heavy (non-hydrogen) atoms. The number of halogens is 3. The van der Waals surface area contributed by atoms with Crippen LogP contribution in [0.4, 0.5) is 13.2 Å². The molecule has 0 radical (unpaired) electrons. The Hall–Kier alpha value is -1.44. The van der Waals surface area contributed by atoms with Gasteiger partial charge in [0.2, 0.25) is 5.78 Å². The Labute approximate surface area is 95.2 Å². The van der Waals surface area contributed by atoms with Gasteiger partial charge >= 0.3 is 12.1 Å². The van der Waals surface area contributed by atoms with Crippen molar-refractivity contribution in [3.8, 4) is 0 Å². The van der Waals surface area contributed by atoms with Gasteiger partial charge in [0.25, 0.3) is 0 Å². The molecule has 0 aromatic carbocycles. The zero-order valence-corrected chi connectivity index (χ0v) is 9.24. The molecule has 0 aliphatic heterocycles. The van der Waals surface area contributed by atoms with Crippen molar-refractivity contribution in [1.82, 2.24) is 0 Å². The lowest BCUT2D eigenvalue weighted by Gasteiger charge is -2.06. The summed E-state index contributed by atoms with van der Waals surface area (Å²) in [5.41, 5.74) is 0. The fourth-order valence-corrected chi connectivity index (χ4v) is 0.780. The number of carboxylic acid groups (broad SMARTS) is 1. The molecule has 0 aromatic heterocycles. The van der Waals surface area contributed by atoms with Gasteiger partial charge in [-0.1, -0.05) is 6.92 Å². The molecule has 0 saturated carbocycles. The van der Waals surface area contributed by atoms with Crippen LogP contribution in [-0.2, 0) is 14.4 Å². The molecule has 0 spiro atoms. The quantitative estimate of drug-likeness (QED) is 0.711. The lowest BCUT2D eigenvalue weighted by Crippen LogP contribution is -2.26. The van der Waals surface area contributed by atoms with E-state index in [9.17, 15) is 27.6 Å². The number of carbonyl (C=O) groups excluding carboxylic acids is 2. The van der Waals surface area contributed by atoms with E-state index in [1.807, 2.05) is 0 Å². The number of Topliss-reactive ketones (excluding diaryl/α,β-unsaturated/α-hetero) is 2. The molecule has 0 rings (SSSR count). The number of alkyl halides is 3. The maximum absolute atomic E-state index is 11.7. The van der Waals surface area contributed by atoms with Crippen LogP contribution in [0.25, 0.3) is 0 Å². The molecule has 8 heteroatoms. The van der Waals surface area contributed by atoms with E-state index in [2.05, 4.69) is 0 Å². The third kappa shape index (κ3) is 8.38. The highest BCUT2D eigenvalue weighted by Gasteiger charge is 2.39. The second-order valence-electron chi connectivity index (χ2n) is 3.08. The van der Waals surface area contributed by atoms with Crippen LogP contribution in [0.15, 0.2) is 0 Å². The number of hydrogen-bond acceptors (Lipinski definition) is 4. The van der Waals surface area contributed by atoms with E-state index in [1.54, 1.807) is 0 Å². The van der Waals surface area contributed by atoms with E-state index in [0.717, 1.165) is 7.11 Å². The molecule has 1 atom stereocenters. The second kappa shape index (κ2) is 7.77. The average molecular weight is 258 g/mol. The van der Waals surface area contributed by atoms with Gasteiger partial charge in [-0.25, -0.2) is 0 Å². The van der Waals surface area contributed by atoms with Gasteiger partial charge in [0.05, 0.1) is 12.3 Å². The molecule has 1 unspecified atom stereocenters. The number of carbonyl (C=O) groups is 3. The van der Waals surface area contributed by atoms with Crippen molar-refractivity contribution >= 4 is 17.5 Å². The van der Waals surface area contributed by atoms with Gasteiger partial charge in [-0.15, -0.1) is 0 Å². The number of aliphatic carboxylic acids is 1. The van der Waals surface area contributed by atoms with Gasteiger partial charge in [0.15, 0.2) is 0 Å². The van der Waals surface area contributed by atoms with Gasteiger partial charge in [-0.2, -0.15) is 13.2 Å². The SMILES string of the molecule is CC(CC(=O)CC(=O)C(F)(F)F)C(=O)O.CO. The topological polar surface area (TPSA) is 91.7 Å². The van der Waals surface area contributed by atoms with Gasteiger partial charge in [0.1, 0.15) is 5.78 Å². The number of aliphatic hydroxyl groups excluding tert-OH is 1. The Morgan fingerprint density at radius 1 is 1.18 bits per heavy atom. The lowest BCUT2D eigenvalue weighted by molar-refractivity contribution is -0.172. The summed E-state index contributed by atoms with van der Waals surface area (Å²) >= 11 is 0. The molecular weight excluding hydrogens is 245 g/mol. The van der Waals surface area contributed by atoms with Gasteiger partial charge in [-0.05, 0) is 0 Å². The van der Waals surface area contributed by atoms with Gasteiger partial charge in [0, 0.05) is 13.5 Å². The maximum Gasteiger partial charge on any atom is 0.450 e. The molecule has 0 aliphatic carbocycles. The molecule has 0 fully saturated rings. The Balaban J connectivity index is 0. The predicted molar refractivity (Wildman–Crippen MR) is 50.2 cm³/mol. The molecule has 5 nitrogen and oxygen atoms in total. The molecule has 100 valence electrons. The highest BCUT2D eigenvalue weighted by atomic mass is 19.4.